The van der Waals surface area contributed by atoms with Crippen LogP contribution in [-0.2, 0) is 28.2 Å². The van der Waals surface area contributed by atoms with E-state index >= 15 is 0 Å². The molecule has 4 aromatic carbocycles. The van der Waals surface area contributed by atoms with Crippen LogP contribution in [0.15, 0.2) is 191 Å². The molecule has 720 valence electrons. The second kappa shape index (κ2) is 48.0. The summed E-state index contributed by atoms with van der Waals surface area (Å²) in [4.78, 5) is 37.5. The number of halogens is 7. The summed E-state index contributed by atoms with van der Waals surface area (Å²) in [5, 5.41) is 38.4. The summed E-state index contributed by atoms with van der Waals surface area (Å²) in [6, 6.07) is 46.1. The summed E-state index contributed by atoms with van der Waals surface area (Å²) in [6.07, 6.45) is 16.2. The molecule has 39 heteroatoms. The summed E-state index contributed by atoms with van der Waals surface area (Å²) >= 11 is 6.98. The number of methoxy groups -OCH3 is 4. The molecule has 8 aliphatic rings. The van der Waals surface area contributed by atoms with Gasteiger partial charge >= 0.3 is 0 Å². The van der Waals surface area contributed by atoms with E-state index in [4.69, 9.17) is 18.9 Å². The van der Waals surface area contributed by atoms with Crippen LogP contribution in [0.4, 0.5) is 40.3 Å². The Morgan fingerprint density at radius 2 is 0.519 bits per heavy atom. The van der Waals surface area contributed by atoms with Gasteiger partial charge in [0.05, 0.1) is 28.4 Å². The molecule has 8 aromatic heterocycles. The van der Waals surface area contributed by atoms with Gasteiger partial charge < -0.3 is 76.4 Å². The van der Waals surface area contributed by atoms with Gasteiger partial charge in [-0.2, -0.15) is 0 Å². The molecule has 8 fully saturated rings. The van der Waals surface area contributed by atoms with Crippen LogP contribution in [-0.4, -0.2) is 279 Å². The maximum absolute atomic E-state index is 13.8. The average molecular weight is 1980 g/mol. The first kappa shape index (κ1) is 101. The number of ether oxygens (including phenoxy) is 4. The van der Waals surface area contributed by atoms with Gasteiger partial charge in [-0.1, -0.05) is 71.3 Å². The molecule has 20 rings (SSSR count). The fourth-order valence-corrected chi connectivity index (χ4v) is 23.3. The molecule has 16 heterocycles. The van der Waals surface area contributed by atoms with Gasteiger partial charge in [0.2, 0.25) is 0 Å². The van der Waals surface area contributed by atoms with Gasteiger partial charge in [0, 0.05) is 226 Å². The molecule has 8 saturated heterocycles. The molecule has 0 N–H and O–H groups in total. The predicted molar refractivity (Wildman–Crippen MR) is 535 cm³/mol. The van der Waals surface area contributed by atoms with Crippen LogP contribution in [0.5, 0.6) is 23.0 Å². The van der Waals surface area contributed by atoms with Crippen molar-refractivity contribution >= 4 is 107 Å². The summed E-state index contributed by atoms with van der Waals surface area (Å²) in [5.41, 5.74) is 7.59. The minimum atomic E-state index is -0.308. The van der Waals surface area contributed by atoms with E-state index in [1.165, 1.54) is 78.4 Å². The lowest BCUT2D eigenvalue weighted by Crippen LogP contribution is -2.35. The monoisotopic (exact) mass is 1980 g/mol. The fourth-order valence-electron chi connectivity index (χ4n) is 20.0. The summed E-state index contributed by atoms with van der Waals surface area (Å²) in [7, 11) is 14.0. The Morgan fingerprint density at radius 1 is 0.296 bits per heavy atom. The van der Waals surface area contributed by atoms with E-state index in [9.17, 15) is 17.6 Å². The summed E-state index contributed by atoms with van der Waals surface area (Å²) < 4.78 is 84.1. The zero-order valence-electron chi connectivity index (χ0n) is 77.3. The van der Waals surface area contributed by atoms with Crippen molar-refractivity contribution in [1.29, 1.82) is 0 Å². The zero-order valence-corrected chi connectivity index (χ0v) is 83.0. The van der Waals surface area contributed by atoms with E-state index in [-0.39, 0.29) is 60.5 Å². The lowest BCUT2D eigenvalue weighted by Gasteiger charge is -2.27. The summed E-state index contributed by atoms with van der Waals surface area (Å²) in [5.74, 6) is 9.91. The largest absolute Gasteiger partial charge is 0.494 e. The Bertz CT molecular complexity index is 5090. The van der Waals surface area contributed by atoms with Gasteiger partial charge in [0.1, 0.15) is 22.8 Å². The molecule has 0 spiro atoms. The number of benzene rings is 4. The fraction of sp³-hybridized carbons (Fsp3) is 0.458. The van der Waals surface area contributed by atoms with E-state index in [1.54, 1.807) is 71.8 Å². The van der Waals surface area contributed by atoms with Crippen LogP contribution in [0.1, 0.15) is 51.4 Å². The minimum absolute atomic E-state index is 0. The Balaban J connectivity index is 0.000000143. The van der Waals surface area contributed by atoms with Crippen molar-refractivity contribution in [3.63, 3.8) is 0 Å². The Labute approximate surface area is 822 Å². The van der Waals surface area contributed by atoms with E-state index < -0.39 is 0 Å². The standard InChI is InChI=1S/4C24H29FN6OS.3ClH/c4*1-29-23(20-6-3-4-10-26-20)27-28-24(29)33-13-5-11-30-15-17-9-12-31(21(17)16-30)18-7-8-19(25)22(14-18)32-2;;;/h4*3-4,6-8,10,14,17,21H,5,9,11-13,15-16H2,1-2H3;3*1H/t3*17-,21+;;;;/m100..../s1. The van der Waals surface area contributed by atoms with Crippen molar-refractivity contribution in [3.8, 4) is 69.1 Å². The maximum Gasteiger partial charge on any atom is 0.191 e. The van der Waals surface area contributed by atoms with Crippen molar-refractivity contribution in [2.24, 2.45) is 51.9 Å². The van der Waals surface area contributed by atoms with Crippen molar-refractivity contribution < 1.29 is 36.5 Å². The lowest BCUT2D eigenvalue weighted by molar-refractivity contribution is 0.319. The smallest absolute Gasteiger partial charge is 0.191 e. The molecule has 12 aromatic rings. The number of anilines is 4. The SMILES string of the molecule is COc1cc(N2CCC3CN(CCCSc4nnc(-c5ccccn5)n4C)CC32)ccc1F.COc1cc(N2CC[C@@H]3CN(CCCSc4nnc(-c5ccccn5)n4C)C[C@@H]32)ccc1F.COc1cc(N2CC[C@H]3CN(CCCSc4nnc(-c5ccccn5)n4C)C[C@H]32)ccc1F.COc1cc(N2CC[C@H]3CN(CCCSc4nnc(-c5ccccn5)n4C)C[C@H]32)ccc1F.Cl.Cl.Cl. The quantitative estimate of drug-likeness (QED) is 0.0216. The molecule has 28 nitrogen and oxygen atoms in total. The van der Waals surface area contributed by atoms with Crippen molar-refractivity contribution in [1.82, 2.24) is 98.6 Å². The highest BCUT2D eigenvalue weighted by Crippen LogP contribution is 2.43. The van der Waals surface area contributed by atoms with Gasteiger partial charge in [0.25, 0.3) is 0 Å². The highest BCUT2D eigenvalue weighted by Gasteiger charge is 2.46. The number of hydrogen-bond acceptors (Lipinski definition) is 28. The first-order chi connectivity index (χ1) is 64.5. The van der Waals surface area contributed by atoms with E-state index in [0.717, 1.165) is 243 Å². The van der Waals surface area contributed by atoms with Crippen molar-refractivity contribution in [2.45, 2.75) is 96.2 Å². The van der Waals surface area contributed by atoms with Crippen LogP contribution in [0, 0.1) is 46.9 Å². The van der Waals surface area contributed by atoms with E-state index in [2.05, 4.69) is 99.9 Å². The number of nitrogens with zero attached hydrogens (tertiary/aromatic N) is 24. The van der Waals surface area contributed by atoms with Crippen LogP contribution < -0.4 is 38.5 Å². The van der Waals surface area contributed by atoms with Gasteiger partial charge in [-0.3, -0.25) is 19.9 Å². The number of pyridine rings is 4. The Morgan fingerprint density at radius 3 is 0.719 bits per heavy atom. The molecule has 0 bridgehead atoms. The highest BCUT2D eigenvalue weighted by atomic mass is 35.5. The van der Waals surface area contributed by atoms with E-state index in [1.807, 2.05) is 168 Å². The number of rotatable bonds is 32. The molecule has 0 aliphatic carbocycles. The number of likely N-dealkylation sites (tertiary alicyclic amines) is 4. The lowest BCUT2D eigenvalue weighted by atomic mass is 10.0. The minimum Gasteiger partial charge on any atom is -0.494 e. The Hall–Kier alpha value is -9.73. The van der Waals surface area contributed by atoms with Gasteiger partial charge in [-0.15, -0.1) is 78.0 Å². The average Bonchev–Trinajstić information content (AvgIpc) is 1.65. The number of hydrogen-bond donors (Lipinski definition) is 0. The van der Waals surface area contributed by atoms with Gasteiger partial charge in [0.15, 0.2) is 90.2 Å². The molecule has 135 heavy (non-hydrogen) atoms. The molecule has 0 amide bonds. The van der Waals surface area contributed by atoms with Gasteiger partial charge in [-0.05, 0) is 198 Å². The van der Waals surface area contributed by atoms with Gasteiger partial charge in [-0.25, -0.2) is 17.6 Å². The number of aromatic nitrogens is 16. The number of thioether (sulfide) groups is 4. The second-order valence-corrected chi connectivity index (χ2v) is 38.9. The topological polar surface area (TPSA) is 237 Å². The van der Waals surface area contributed by atoms with Crippen molar-refractivity contribution in [2.75, 3.05) is 176 Å². The van der Waals surface area contributed by atoms with Crippen LogP contribution in [0.25, 0.3) is 46.1 Å². The molecule has 8 aliphatic heterocycles. The number of fused-ring (bicyclic) bond motifs is 4. The molecular weight excluding hydrogens is 1860 g/mol. The highest BCUT2D eigenvalue weighted by molar-refractivity contribution is 7.99. The third-order valence-electron chi connectivity index (χ3n) is 26.7. The summed E-state index contributed by atoms with van der Waals surface area (Å²) in [6.45, 7) is 17.2. The molecule has 0 saturated carbocycles. The predicted octanol–water partition coefficient (Wildman–Crippen LogP) is 16.1. The van der Waals surface area contributed by atoms with Crippen LogP contribution in [0.2, 0.25) is 0 Å². The third-order valence-corrected chi connectivity index (χ3v) is 31.1. The maximum atomic E-state index is 13.8. The first-order valence-corrected chi connectivity index (χ1v) is 49.5. The second-order valence-electron chi connectivity index (χ2n) is 34.7. The van der Waals surface area contributed by atoms with E-state index in [0.29, 0.717) is 70.8 Å². The molecule has 2 unspecified atom stereocenters. The first-order valence-electron chi connectivity index (χ1n) is 45.6. The molecular formula is C96H119Cl3F4N24O4S4. The third kappa shape index (κ3) is 24.0. The normalized spacial score (nSPS) is 19.9. The molecule has 0 radical (unpaired) electrons. The molecule has 8 atom stereocenters. The zero-order chi connectivity index (χ0) is 91.1. The van der Waals surface area contributed by atoms with Crippen molar-refractivity contribution in [3.05, 3.63) is 194 Å². The van der Waals surface area contributed by atoms with Crippen LogP contribution >= 0.6 is 84.3 Å². The van der Waals surface area contributed by atoms with Crippen LogP contribution in [0.3, 0.4) is 0 Å². The Kier molecular flexibility index (Phi) is 36.0.